The number of allylic oxidation sites excluding steroid dienone is 1. The minimum atomic E-state index is -3.96. The predicted molar refractivity (Wildman–Crippen MR) is 221 cm³/mol. The van der Waals surface area contributed by atoms with Crippen LogP contribution in [-0.4, -0.2) is 91.1 Å². The van der Waals surface area contributed by atoms with Gasteiger partial charge in [-0.2, -0.15) is 0 Å². The van der Waals surface area contributed by atoms with E-state index >= 15 is 0 Å². The zero-order chi connectivity index (χ0) is 41.9. The third-order valence-electron chi connectivity index (χ3n) is 14.0. The number of nitrogens with zero attached hydrogens (tertiary/aromatic N) is 2. The topological polar surface area (TPSA) is 170 Å². The maximum absolute atomic E-state index is 14.9. The first-order chi connectivity index (χ1) is 28.0. The molecule has 0 unspecified atom stereocenters. The van der Waals surface area contributed by atoms with Crippen molar-refractivity contribution in [2.45, 2.75) is 128 Å². The van der Waals surface area contributed by atoms with Crippen molar-refractivity contribution in [3.8, 4) is 11.6 Å². The predicted octanol–water partition coefficient (Wildman–Crippen LogP) is 5.43. The number of fused-ring (bicyclic) bond motifs is 5. The molecule has 2 aromatic rings. The van der Waals surface area contributed by atoms with Crippen LogP contribution in [0, 0.1) is 34.5 Å². The molecule has 3 aliphatic carbocycles. The van der Waals surface area contributed by atoms with E-state index in [2.05, 4.69) is 16.6 Å². The third kappa shape index (κ3) is 8.49. The van der Waals surface area contributed by atoms with Crippen LogP contribution in [0.5, 0.6) is 11.6 Å². The molecule has 2 saturated heterocycles. The number of sulfonamides is 1. The van der Waals surface area contributed by atoms with Crippen LogP contribution in [-0.2, 0) is 40.4 Å². The molecule has 59 heavy (non-hydrogen) atoms. The first-order valence-electron chi connectivity index (χ1n) is 21.7. The summed E-state index contributed by atoms with van der Waals surface area (Å²) >= 11 is 0. The van der Waals surface area contributed by atoms with Gasteiger partial charge in [0.05, 0.1) is 52.8 Å². The van der Waals surface area contributed by atoms with E-state index < -0.39 is 61.5 Å². The van der Waals surface area contributed by atoms with Crippen LogP contribution in [0.15, 0.2) is 36.9 Å². The van der Waals surface area contributed by atoms with Gasteiger partial charge in [0.2, 0.25) is 27.7 Å². The zero-order valence-corrected chi connectivity index (χ0v) is 35.7. The summed E-state index contributed by atoms with van der Waals surface area (Å²) in [5.41, 5.74) is -0.392. The average molecular weight is 833 g/mol. The Balaban J connectivity index is 1.14. The highest BCUT2D eigenvalue weighted by atomic mass is 32.2. The number of amides is 2. The van der Waals surface area contributed by atoms with Crippen molar-refractivity contribution in [1.29, 1.82) is 0 Å². The second-order valence-corrected chi connectivity index (χ2v) is 21.7. The Kier molecular flexibility index (Phi) is 11.1. The Labute approximate surface area is 347 Å². The molecule has 4 heterocycles. The van der Waals surface area contributed by atoms with Crippen LogP contribution < -0.4 is 19.5 Å². The van der Waals surface area contributed by atoms with Crippen molar-refractivity contribution in [2.24, 2.45) is 34.5 Å². The molecule has 7 atom stereocenters. The minimum absolute atomic E-state index is 0.0518. The van der Waals surface area contributed by atoms with E-state index in [9.17, 15) is 27.6 Å². The lowest BCUT2D eigenvalue weighted by atomic mass is 9.77. The number of aromatic nitrogens is 1. The van der Waals surface area contributed by atoms with Crippen LogP contribution in [0.4, 0.5) is 0 Å². The molecule has 0 radical (unpaired) electrons. The molecule has 5 fully saturated rings. The van der Waals surface area contributed by atoms with Gasteiger partial charge in [0, 0.05) is 37.2 Å². The largest absolute Gasteiger partial charge is 0.492 e. The van der Waals surface area contributed by atoms with E-state index in [1.165, 1.54) is 4.90 Å². The second-order valence-electron chi connectivity index (χ2n) is 19.5. The minimum Gasteiger partial charge on any atom is -0.492 e. The Morgan fingerprint density at radius 3 is 2.54 bits per heavy atom. The number of rotatable bonds is 10. The lowest BCUT2D eigenvalue weighted by Crippen LogP contribution is -2.49. The van der Waals surface area contributed by atoms with E-state index in [1.807, 2.05) is 45.0 Å². The number of carbonyl (C=O) groups is 4. The summed E-state index contributed by atoms with van der Waals surface area (Å²) in [4.78, 5) is 63.5. The molecule has 3 aliphatic heterocycles. The number of nitrogens with one attached hydrogen (secondary N) is 2. The monoisotopic (exact) mass is 832 g/mol. The van der Waals surface area contributed by atoms with Crippen LogP contribution in [0.25, 0.3) is 10.9 Å². The van der Waals surface area contributed by atoms with Gasteiger partial charge in [-0.05, 0) is 81.3 Å². The summed E-state index contributed by atoms with van der Waals surface area (Å²) in [5, 5.41) is 4.22. The Morgan fingerprint density at radius 2 is 1.86 bits per heavy atom. The van der Waals surface area contributed by atoms with Gasteiger partial charge in [-0.25, -0.2) is 13.4 Å². The van der Waals surface area contributed by atoms with Gasteiger partial charge in [0.1, 0.15) is 18.0 Å². The highest BCUT2D eigenvalue weighted by Gasteiger charge is 2.62. The summed E-state index contributed by atoms with van der Waals surface area (Å²) in [5.74, 6) is -1.23. The fourth-order valence-corrected chi connectivity index (χ4v) is 10.6. The summed E-state index contributed by atoms with van der Waals surface area (Å²) < 4.78 is 47.0. The first kappa shape index (κ1) is 41.7. The summed E-state index contributed by atoms with van der Waals surface area (Å²) in [6, 6.07) is 6.85. The summed E-state index contributed by atoms with van der Waals surface area (Å²) in [6.45, 7) is 13.6. The molecule has 13 nitrogen and oxygen atoms in total. The summed E-state index contributed by atoms with van der Waals surface area (Å²) in [7, 11) is -3.96. The fraction of sp³-hybridized carbons (Fsp3) is 0.667. The highest BCUT2D eigenvalue weighted by Crippen LogP contribution is 2.57. The number of benzene rings is 1. The van der Waals surface area contributed by atoms with E-state index in [4.69, 9.17) is 19.2 Å². The number of hydrogen-bond donors (Lipinski definition) is 2. The lowest BCUT2D eigenvalue weighted by molar-refractivity contribution is -0.154. The molecule has 3 saturated carbocycles. The van der Waals surface area contributed by atoms with Gasteiger partial charge in [-0.3, -0.25) is 23.9 Å². The molecule has 1 aromatic carbocycles. The quantitative estimate of drug-likeness (QED) is 0.231. The number of carbonyl (C=O) groups excluding carboxylic acids is 4. The molecule has 320 valence electrons. The van der Waals surface area contributed by atoms with Gasteiger partial charge >= 0.3 is 5.97 Å². The SMILES string of the molecule is C=C[C@@H]1C[C@]1(CC(=O)[C@@H]1C[C@@H]2CN1C(=O)[C@H](C(C)(C)C)CC(=O)O[C@@H]1C[C@H]1CCCCCc1c(nc3ccccc3c1OCC1CNC1)O2)C(=O)NS(=O)(=O)C1(C)CC1. The normalized spacial score (nSPS) is 30.9. The van der Waals surface area contributed by atoms with E-state index in [0.717, 1.165) is 61.9 Å². The van der Waals surface area contributed by atoms with Gasteiger partial charge in [0.15, 0.2) is 5.78 Å². The number of Topliss-reactive ketones (excluding diaryl/α,β-unsaturated/α-hetero) is 1. The van der Waals surface area contributed by atoms with Crippen LogP contribution in [0.2, 0.25) is 0 Å². The number of hydrogen-bond acceptors (Lipinski definition) is 11. The van der Waals surface area contributed by atoms with Crippen molar-refractivity contribution < 1.29 is 41.8 Å². The first-order valence-corrected chi connectivity index (χ1v) is 23.1. The highest BCUT2D eigenvalue weighted by molar-refractivity contribution is 7.91. The molecule has 0 spiro atoms. The molecule has 2 N–H and O–H groups in total. The fourth-order valence-electron chi connectivity index (χ4n) is 9.25. The van der Waals surface area contributed by atoms with Crippen LogP contribution in [0.1, 0.15) is 104 Å². The van der Waals surface area contributed by atoms with Gasteiger partial charge in [-0.1, -0.05) is 51.8 Å². The summed E-state index contributed by atoms with van der Waals surface area (Å²) in [6.07, 6.45) is 6.91. The van der Waals surface area contributed by atoms with Crippen LogP contribution >= 0.6 is 0 Å². The molecule has 2 bridgehead atoms. The van der Waals surface area contributed by atoms with Crippen LogP contribution in [0.3, 0.4) is 0 Å². The average Bonchev–Trinajstić information content (AvgIpc) is 4.12. The number of esters is 1. The maximum Gasteiger partial charge on any atom is 0.306 e. The third-order valence-corrected chi connectivity index (χ3v) is 16.1. The Bertz CT molecular complexity index is 2130. The van der Waals surface area contributed by atoms with Crippen molar-refractivity contribution >= 4 is 44.5 Å². The maximum atomic E-state index is 14.9. The lowest BCUT2D eigenvalue weighted by Gasteiger charge is -2.34. The van der Waals surface area contributed by atoms with Gasteiger partial charge in [0.25, 0.3) is 0 Å². The van der Waals surface area contributed by atoms with Gasteiger partial charge in [-0.15, -0.1) is 6.58 Å². The van der Waals surface area contributed by atoms with E-state index in [-0.39, 0.29) is 50.0 Å². The van der Waals surface area contributed by atoms with Gasteiger partial charge < -0.3 is 24.4 Å². The molecule has 2 amide bonds. The zero-order valence-electron chi connectivity index (χ0n) is 34.9. The molecule has 6 aliphatic rings. The Morgan fingerprint density at radius 1 is 1.10 bits per heavy atom. The van der Waals surface area contributed by atoms with Crippen molar-refractivity contribution in [1.82, 2.24) is 19.9 Å². The molecule has 14 heteroatoms. The van der Waals surface area contributed by atoms with Crippen molar-refractivity contribution in [3.63, 3.8) is 0 Å². The number of ketones is 1. The number of para-hydroxylation sites is 1. The number of ether oxygens (including phenoxy) is 3. The molecular weight excluding hydrogens is 773 g/mol. The second kappa shape index (κ2) is 15.8. The smallest absolute Gasteiger partial charge is 0.306 e. The molecule has 8 rings (SSSR count). The van der Waals surface area contributed by atoms with Crippen molar-refractivity contribution in [2.75, 3.05) is 26.2 Å². The standard InChI is InChI=1S/C45H60N4O9S/c1-6-29-21-45(29,42(53)48-59(54,55)44(5)16-17-44)22-36(50)35-19-30-25-49(35)41(52)33(43(2,3)4)20-38(51)58-37-18-28(37)12-8-7-9-14-32-39(56-26-27-23-46-24-27)31-13-10-11-15-34(31)47-40(32)57-30/h6,10-11,13,15,27-30,33,35,37,46H,1,7-9,12,14,16-26H2,2-5H3,(H,48,53)/t28-,29-,30-,33-,35+,37-,45-/m1/s1. The van der Waals surface area contributed by atoms with Crippen molar-refractivity contribution in [3.05, 3.63) is 42.5 Å². The molecular formula is C45H60N4O9S. The van der Waals surface area contributed by atoms with E-state index in [0.29, 0.717) is 49.1 Å². The molecule has 1 aromatic heterocycles. The Hall–Kier alpha value is -4.04. The number of pyridine rings is 1. The van der Waals surface area contributed by atoms with E-state index in [1.54, 1.807) is 13.0 Å².